The van der Waals surface area contributed by atoms with Gasteiger partial charge in [0.2, 0.25) is 5.88 Å². The Morgan fingerprint density at radius 2 is 2.05 bits per heavy atom. The summed E-state index contributed by atoms with van der Waals surface area (Å²) in [5.41, 5.74) is 1.14. The molecule has 110 valence electrons. The molecule has 2 aliphatic rings. The molecule has 0 bridgehead atoms. The first-order valence-electron chi connectivity index (χ1n) is 7.74. The number of hydrogen-bond donors (Lipinski definition) is 0. The summed E-state index contributed by atoms with van der Waals surface area (Å²) in [6.07, 6.45) is 8.07. The molecule has 0 spiro atoms. The van der Waals surface area contributed by atoms with Crippen LogP contribution in [0.5, 0.6) is 5.88 Å². The van der Waals surface area contributed by atoms with E-state index >= 15 is 0 Å². The molecule has 1 saturated heterocycles. The Morgan fingerprint density at radius 1 is 1.29 bits per heavy atom. The Balaban J connectivity index is 1.57. The largest absolute Gasteiger partial charge is 0.474 e. The topological polar surface area (TPSA) is 49.1 Å². The van der Waals surface area contributed by atoms with Gasteiger partial charge < -0.3 is 9.64 Å². The van der Waals surface area contributed by atoms with Gasteiger partial charge in [-0.15, -0.1) is 0 Å². The molecule has 4 heteroatoms. The van der Waals surface area contributed by atoms with E-state index in [1.165, 1.54) is 19.3 Å². The van der Waals surface area contributed by atoms with Crippen LogP contribution in [0.25, 0.3) is 6.08 Å². The highest BCUT2D eigenvalue weighted by Crippen LogP contribution is 2.28. The fraction of sp³-hybridized carbons (Fsp3) is 0.529. The van der Waals surface area contributed by atoms with E-state index in [1.54, 1.807) is 18.2 Å². The number of aromatic nitrogens is 1. The number of rotatable bonds is 4. The molecule has 3 rings (SSSR count). The van der Waals surface area contributed by atoms with Crippen molar-refractivity contribution in [3.05, 3.63) is 30.0 Å². The fourth-order valence-corrected chi connectivity index (χ4v) is 3.05. The van der Waals surface area contributed by atoms with Crippen molar-refractivity contribution in [1.82, 2.24) is 9.88 Å². The predicted molar refractivity (Wildman–Crippen MR) is 81.9 cm³/mol. The molecular weight excluding hydrogens is 262 g/mol. The minimum absolute atomic E-state index is 0.236. The van der Waals surface area contributed by atoms with Crippen LogP contribution in [0, 0.1) is 11.3 Å². The van der Waals surface area contributed by atoms with Gasteiger partial charge in [-0.05, 0) is 37.8 Å². The van der Waals surface area contributed by atoms with E-state index in [0.29, 0.717) is 17.1 Å². The van der Waals surface area contributed by atoms with E-state index in [4.69, 9.17) is 10.00 Å². The highest BCUT2D eigenvalue weighted by Gasteiger charge is 2.29. The van der Waals surface area contributed by atoms with Crippen molar-refractivity contribution >= 4 is 6.08 Å². The Bertz CT molecular complexity index is 552. The summed E-state index contributed by atoms with van der Waals surface area (Å²) in [4.78, 5) is 6.96. The van der Waals surface area contributed by atoms with Crippen molar-refractivity contribution in [2.24, 2.45) is 0 Å². The van der Waals surface area contributed by atoms with Gasteiger partial charge in [0.15, 0.2) is 0 Å². The Morgan fingerprint density at radius 3 is 2.62 bits per heavy atom. The van der Waals surface area contributed by atoms with Crippen LogP contribution in [-0.4, -0.2) is 35.1 Å². The van der Waals surface area contributed by atoms with E-state index in [9.17, 15) is 0 Å². The molecule has 4 nitrogen and oxygen atoms in total. The van der Waals surface area contributed by atoms with Crippen molar-refractivity contribution in [3.63, 3.8) is 0 Å². The van der Waals surface area contributed by atoms with Gasteiger partial charge >= 0.3 is 0 Å². The highest BCUT2D eigenvalue weighted by atomic mass is 16.5. The predicted octanol–water partition coefficient (Wildman–Crippen LogP) is 2.99. The van der Waals surface area contributed by atoms with Crippen molar-refractivity contribution in [2.45, 2.75) is 44.2 Å². The smallest absolute Gasteiger partial charge is 0.214 e. The third-order valence-corrected chi connectivity index (χ3v) is 4.57. The van der Waals surface area contributed by atoms with Gasteiger partial charge in [0.05, 0.1) is 11.3 Å². The van der Waals surface area contributed by atoms with E-state index in [2.05, 4.69) is 22.5 Å². The molecule has 0 N–H and O–H groups in total. The van der Waals surface area contributed by atoms with Gasteiger partial charge in [-0.25, -0.2) is 4.98 Å². The average Bonchev–Trinajstić information content (AvgIpc) is 2.47. The first-order valence-corrected chi connectivity index (χ1v) is 7.74. The van der Waals surface area contributed by atoms with Gasteiger partial charge in [0.1, 0.15) is 12.2 Å². The lowest BCUT2D eigenvalue weighted by molar-refractivity contribution is 0.0475. The van der Waals surface area contributed by atoms with Crippen molar-refractivity contribution < 1.29 is 4.74 Å². The monoisotopic (exact) mass is 283 g/mol. The number of ether oxygens (including phenoxy) is 1. The number of pyridine rings is 1. The zero-order valence-corrected chi connectivity index (χ0v) is 12.3. The van der Waals surface area contributed by atoms with Crippen molar-refractivity contribution in [2.75, 3.05) is 13.1 Å². The second-order valence-corrected chi connectivity index (χ2v) is 5.84. The lowest BCUT2D eigenvalue weighted by atomic mass is 9.90. The van der Waals surface area contributed by atoms with Crippen LogP contribution in [0.15, 0.2) is 18.7 Å². The van der Waals surface area contributed by atoms with Gasteiger partial charge in [-0.2, -0.15) is 5.26 Å². The lowest BCUT2D eigenvalue weighted by Crippen LogP contribution is -2.46. The number of nitrogens with zero attached hydrogens (tertiary/aromatic N) is 3. The molecule has 1 saturated carbocycles. The maximum atomic E-state index is 8.99. The molecular formula is C17H21N3O. The van der Waals surface area contributed by atoms with Crippen molar-refractivity contribution in [3.8, 4) is 11.9 Å². The number of nitriles is 1. The van der Waals surface area contributed by atoms with E-state index < -0.39 is 0 Å². The normalized spacial score (nSPS) is 20.5. The van der Waals surface area contributed by atoms with Crippen LogP contribution in [0.1, 0.15) is 43.4 Å². The first kappa shape index (κ1) is 14.1. The van der Waals surface area contributed by atoms with E-state index in [1.807, 2.05) is 0 Å². The lowest BCUT2D eigenvalue weighted by Gasteiger charge is -2.41. The minimum atomic E-state index is 0.236. The van der Waals surface area contributed by atoms with Gasteiger partial charge in [-0.3, -0.25) is 0 Å². The average molecular weight is 283 g/mol. The highest BCUT2D eigenvalue weighted by molar-refractivity contribution is 5.53. The third-order valence-electron chi connectivity index (χ3n) is 4.57. The number of hydrogen-bond acceptors (Lipinski definition) is 4. The summed E-state index contributed by atoms with van der Waals surface area (Å²) in [5, 5.41) is 8.99. The summed E-state index contributed by atoms with van der Waals surface area (Å²) in [5.74, 6) is 0.603. The summed E-state index contributed by atoms with van der Waals surface area (Å²) in [6, 6.07) is 6.47. The molecule has 0 amide bonds. The molecule has 0 atom stereocenters. The van der Waals surface area contributed by atoms with Crippen LogP contribution >= 0.6 is 0 Å². The number of piperidine rings is 1. The quantitative estimate of drug-likeness (QED) is 0.852. The van der Waals surface area contributed by atoms with E-state index in [0.717, 1.165) is 32.0 Å². The fourth-order valence-electron chi connectivity index (χ4n) is 3.05. The molecule has 0 unspecified atom stereocenters. The van der Waals surface area contributed by atoms with Gasteiger partial charge in [0.25, 0.3) is 0 Å². The summed E-state index contributed by atoms with van der Waals surface area (Å²) in [6.45, 7) is 5.95. The molecule has 0 radical (unpaired) electrons. The van der Waals surface area contributed by atoms with Crippen LogP contribution < -0.4 is 4.74 Å². The summed E-state index contributed by atoms with van der Waals surface area (Å²) in [7, 11) is 0. The molecule has 2 heterocycles. The summed E-state index contributed by atoms with van der Waals surface area (Å²) >= 11 is 0. The first-order chi connectivity index (χ1) is 10.3. The van der Waals surface area contributed by atoms with Gasteiger partial charge in [-0.1, -0.05) is 13.0 Å². The third kappa shape index (κ3) is 3.08. The molecule has 21 heavy (non-hydrogen) atoms. The zero-order chi connectivity index (χ0) is 14.7. The van der Waals surface area contributed by atoms with Crippen LogP contribution in [0.3, 0.4) is 0 Å². The molecule has 1 aliphatic carbocycles. The zero-order valence-electron chi connectivity index (χ0n) is 12.3. The molecule has 1 aliphatic heterocycles. The van der Waals surface area contributed by atoms with Crippen LogP contribution in [0.4, 0.5) is 0 Å². The Kier molecular flexibility index (Phi) is 4.21. The van der Waals surface area contributed by atoms with Gasteiger partial charge in [0, 0.05) is 25.2 Å². The standard InChI is InChI=1S/C17H21N3O/c1-2-16-13(12-18)6-7-17(19-16)21-15-8-10-20(11-9-15)14-4-3-5-14/h2,6-7,14-15H,1,3-5,8-11H2. The Labute approximate surface area is 126 Å². The minimum Gasteiger partial charge on any atom is -0.474 e. The van der Waals surface area contributed by atoms with Crippen LogP contribution in [0.2, 0.25) is 0 Å². The maximum absolute atomic E-state index is 8.99. The second kappa shape index (κ2) is 6.28. The molecule has 1 aromatic rings. The summed E-state index contributed by atoms with van der Waals surface area (Å²) < 4.78 is 5.98. The molecule has 1 aromatic heterocycles. The van der Waals surface area contributed by atoms with E-state index in [-0.39, 0.29) is 6.10 Å². The second-order valence-electron chi connectivity index (χ2n) is 5.84. The SMILES string of the molecule is C=Cc1nc(OC2CCN(C3CCC3)CC2)ccc1C#N. The van der Waals surface area contributed by atoms with Crippen LogP contribution in [-0.2, 0) is 0 Å². The maximum Gasteiger partial charge on any atom is 0.214 e. The molecule has 2 fully saturated rings. The Hall–Kier alpha value is -1.86. The molecule has 0 aromatic carbocycles. The number of likely N-dealkylation sites (tertiary alicyclic amines) is 1. The van der Waals surface area contributed by atoms with Crippen molar-refractivity contribution in [1.29, 1.82) is 5.26 Å².